The van der Waals surface area contributed by atoms with Gasteiger partial charge in [0, 0.05) is 0 Å². The molecule has 0 aromatic rings. The van der Waals surface area contributed by atoms with Gasteiger partial charge in [-0.15, -0.1) is 0 Å². The van der Waals surface area contributed by atoms with Crippen molar-refractivity contribution in [3.63, 3.8) is 0 Å². The molecule has 1 saturated carbocycles. The standard InChI is InChI=1S/C14H29O3P/c1-3-16-18(15,17-4-2)13-9-8-12-14-10-6-5-7-11-14/h14H,3-13H2,1-2H3. The van der Waals surface area contributed by atoms with E-state index in [0.29, 0.717) is 19.4 Å². The highest BCUT2D eigenvalue weighted by molar-refractivity contribution is 7.53. The summed E-state index contributed by atoms with van der Waals surface area (Å²) in [6, 6.07) is 0. The van der Waals surface area contributed by atoms with Crippen LogP contribution in [0.1, 0.15) is 65.2 Å². The second-order valence-electron chi connectivity index (χ2n) is 5.17. The third kappa shape index (κ3) is 6.36. The maximum Gasteiger partial charge on any atom is 0.330 e. The van der Waals surface area contributed by atoms with Crippen molar-refractivity contribution in [3.05, 3.63) is 0 Å². The van der Waals surface area contributed by atoms with Crippen LogP contribution in [0.4, 0.5) is 0 Å². The van der Waals surface area contributed by atoms with Crippen LogP contribution in [0.5, 0.6) is 0 Å². The van der Waals surface area contributed by atoms with E-state index >= 15 is 0 Å². The molecule has 0 heterocycles. The minimum Gasteiger partial charge on any atom is -0.309 e. The lowest BCUT2D eigenvalue weighted by Gasteiger charge is -2.22. The summed E-state index contributed by atoms with van der Waals surface area (Å²) >= 11 is 0. The molecule has 0 saturated heterocycles. The van der Waals surface area contributed by atoms with Gasteiger partial charge in [0.1, 0.15) is 0 Å². The molecule has 0 amide bonds. The van der Waals surface area contributed by atoms with Gasteiger partial charge in [-0.2, -0.15) is 0 Å². The van der Waals surface area contributed by atoms with Crippen molar-refractivity contribution in [1.29, 1.82) is 0 Å². The molecule has 0 radical (unpaired) electrons. The van der Waals surface area contributed by atoms with E-state index in [1.807, 2.05) is 13.8 Å². The number of unbranched alkanes of at least 4 members (excludes halogenated alkanes) is 1. The quantitative estimate of drug-likeness (QED) is 0.439. The first-order valence-corrected chi connectivity index (χ1v) is 9.31. The summed E-state index contributed by atoms with van der Waals surface area (Å²) in [5.41, 5.74) is 0. The van der Waals surface area contributed by atoms with E-state index in [1.165, 1.54) is 38.5 Å². The molecule has 0 aromatic heterocycles. The number of rotatable bonds is 9. The van der Waals surface area contributed by atoms with E-state index in [2.05, 4.69) is 0 Å². The highest BCUT2D eigenvalue weighted by Crippen LogP contribution is 2.48. The minimum atomic E-state index is -2.79. The highest BCUT2D eigenvalue weighted by Gasteiger charge is 2.22. The molecule has 0 bridgehead atoms. The molecule has 1 aliphatic carbocycles. The fraction of sp³-hybridized carbons (Fsp3) is 1.00. The van der Waals surface area contributed by atoms with Crippen LogP contribution in [0.25, 0.3) is 0 Å². The molecule has 0 unspecified atom stereocenters. The van der Waals surface area contributed by atoms with E-state index in [4.69, 9.17) is 9.05 Å². The highest BCUT2D eigenvalue weighted by atomic mass is 31.2. The lowest BCUT2D eigenvalue weighted by molar-refractivity contribution is 0.219. The van der Waals surface area contributed by atoms with E-state index in [9.17, 15) is 4.57 Å². The van der Waals surface area contributed by atoms with Crippen molar-refractivity contribution < 1.29 is 13.6 Å². The molecule has 0 atom stereocenters. The van der Waals surface area contributed by atoms with Gasteiger partial charge in [0.2, 0.25) is 0 Å². The third-order valence-corrected chi connectivity index (χ3v) is 5.84. The topological polar surface area (TPSA) is 35.5 Å². The van der Waals surface area contributed by atoms with Crippen molar-refractivity contribution in [2.24, 2.45) is 5.92 Å². The zero-order valence-corrected chi connectivity index (χ0v) is 12.9. The summed E-state index contributed by atoms with van der Waals surface area (Å²) in [5, 5.41) is 0. The van der Waals surface area contributed by atoms with E-state index in [0.717, 1.165) is 18.8 Å². The van der Waals surface area contributed by atoms with Gasteiger partial charge in [0.25, 0.3) is 0 Å². The largest absolute Gasteiger partial charge is 0.330 e. The maximum absolute atomic E-state index is 12.2. The third-order valence-electron chi connectivity index (χ3n) is 3.67. The van der Waals surface area contributed by atoms with Crippen LogP contribution in [0.3, 0.4) is 0 Å². The molecule has 1 aliphatic rings. The summed E-state index contributed by atoms with van der Waals surface area (Å²) in [5.74, 6) is 0.914. The van der Waals surface area contributed by atoms with Crippen molar-refractivity contribution in [1.82, 2.24) is 0 Å². The first-order chi connectivity index (χ1) is 8.70. The average molecular weight is 276 g/mol. The Morgan fingerprint density at radius 2 is 1.61 bits per heavy atom. The normalized spacial score (nSPS) is 18.1. The average Bonchev–Trinajstić information content (AvgIpc) is 2.37. The second-order valence-corrected chi connectivity index (χ2v) is 7.36. The summed E-state index contributed by atoms with van der Waals surface area (Å²) in [4.78, 5) is 0. The van der Waals surface area contributed by atoms with Gasteiger partial charge >= 0.3 is 7.60 Å². The Bertz CT molecular complexity index is 239. The number of hydrogen-bond acceptors (Lipinski definition) is 3. The molecule has 1 rings (SSSR count). The molecule has 108 valence electrons. The van der Waals surface area contributed by atoms with Crippen LogP contribution in [-0.4, -0.2) is 19.4 Å². The molecular weight excluding hydrogens is 247 g/mol. The van der Waals surface area contributed by atoms with Gasteiger partial charge in [0.05, 0.1) is 19.4 Å². The Kier molecular flexibility index (Phi) is 8.21. The summed E-state index contributed by atoms with van der Waals surface area (Å²) in [7, 11) is -2.79. The maximum atomic E-state index is 12.2. The van der Waals surface area contributed by atoms with Crippen LogP contribution >= 0.6 is 7.60 Å². The molecule has 0 aliphatic heterocycles. The molecule has 18 heavy (non-hydrogen) atoms. The fourth-order valence-corrected chi connectivity index (χ4v) is 4.50. The smallest absolute Gasteiger partial charge is 0.309 e. The molecule has 0 N–H and O–H groups in total. The Balaban J connectivity index is 2.15. The first kappa shape index (κ1) is 16.2. The zero-order chi connectivity index (χ0) is 13.3. The Labute approximate surface area is 112 Å². The summed E-state index contributed by atoms with van der Waals surface area (Å²) in [6.45, 7) is 4.68. The summed E-state index contributed by atoms with van der Waals surface area (Å²) in [6.07, 6.45) is 11.0. The van der Waals surface area contributed by atoms with Crippen molar-refractivity contribution >= 4 is 7.60 Å². The van der Waals surface area contributed by atoms with Crippen LogP contribution in [0, 0.1) is 5.92 Å². The summed E-state index contributed by atoms with van der Waals surface area (Å²) < 4.78 is 22.8. The van der Waals surface area contributed by atoms with Gasteiger partial charge in [-0.3, -0.25) is 4.57 Å². The predicted octanol–water partition coefficient (Wildman–Crippen LogP) is 5.00. The molecule has 4 heteroatoms. The molecule has 0 spiro atoms. The molecule has 3 nitrogen and oxygen atoms in total. The lowest BCUT2D eigenvalue weighted by atomic mass is 9.86. The van der Waals surface area contributed by atoms with E-state index in [1.54, 1.807) is 0 Å². The minimum absolute atomic E-state index is 0.472. The van der Waals surface area contributed by atoms with Crippen LogP contribution in [-0.2, 0) is 13.6 Å². The molecular formula is C14H29O3P. The van der Waals surface area contributed by atoms with Gasteiger partial charge in [-0.25, -0.2) is 0 Å². The van der Waals surface area contributed by atoms with Crippen molar-refractivity contribution in [3.8, 4) is 0 Å². The SMILES string of the molecule is CCOP(=O)(CCCCC1CCCCC1)OCC. The first-order valence-electron chi connectivity index (χ1n) is 7.58. The molecule has 1 fully saturated rings. The fourth-order valence-electron chi connectivity index (χ4n) is 2.77. The van der Waals surface area contributed by atoms with Gasteiger partial charge in [0.15, 0.2) is 0 Å². The van der Waals surface area contributed by atoms with Crippen molar-refractivity contribution in [2.75, 3.05) is 19.4 Å². The monoisotopic (exact) mass is 276 g/mol. The van der Waals surface area contributed by atoms with E-state index in [-0.39, 0.29) is 0 Å². The Morgan fingerprint density at radius 1 is 1.00 bits per heavy atom. The Morgan fingerprint density at radius 3 is 2.17 bits per heavy atom. The van der Waals surface area contributed by atoms with E-state index < -0.39 is 7.60 Å². The lowest BCUT2D eigenvalue weighted by Crippen LogP contribution is -2.06. The van der Waals surface area contributed by atoms with Crippen LogP contribution in [0.15, 0.2) is 0 Å². The van der Waals surface area contributed by atoms with Crippen LogP contribution in [0.2, 0.25) is 0 Å². The predicted molar refractivity (Wildman–Crippen MR) is 76.2 cm³/mol. The molecule has 0 aromatic carbocycles. The number of hydrogen-bond donors (Lipinski definition) is 0. The second kappa shape index (κ2) is 9.12. The van der Waals surface area contributed by atoms with Crippen molar-refractivity contribution in [2.45, 2.75) is 65.2 Å². The Hall–Kier alpha value is 0.150. The zero-order valence-electron chi connectivity index (χ0n) is 12.0. The van der Waals surface area contributed by atoms with Gasteiger partial charge in [-0.1, -0.05) is 44.9 Å². The van der Waals surface area contributed by atoms with Crippen LogP contribution < -0.4 is 0 Å². The van der Waals surface area contributed by atoms with Gasteiger partial charge < -0.3 is 9.05 Å². The van der Waals surface area contributed by atoms with Gasteiger partial charge in [-0.05, 0) is 26.2 Å².